The van der Waals surface area contributed by atoms with Crippen LogP contribution in [0.4, 0.5) is 14.5 Å². The summed E-state index contributed by atoms with van der Waals surface area (Å²) in [4.78, 5) is 24.6. The highest BCUT2D eigenvalue weighted by Gasteiger charge is 2.38. The third kappa shape index (κ3) is 2.46. The number of amides is 1. The highest BCUT2D eigenvalue weighted by Crippen LogP contribution is 2.32. The van der Waals surface area contributed by atoms with E-state index in [9.17, 15) is 18.4 Å². The average Bonchev–Trinajstić information content (AvgIpc) is 2.62. The molecule has 0 spiro atoms. The van der Waals surface area contributed by atoms with Crippen molar-refractivity contribution in [2.75, 3.05) is 24.5 Å². The Labute approximate surface area is 115 Å². The standard InChI is InChI=1S/C14H14F2N2O2/c1-3-17-6-8(2)7-18-12-10(13(19)14(18)20)4-9(15)5-11(12)16/h4-5,17H,2-3,6-7H2,1H3. The molecule has 106 valence electrons. The molecule has 2 rings (SSSR count). The smallest absolute Gasteiger partial charge is 0.299 e. The van der Waals surface area contributed by atoms with Crippen molar-refractivity contribution in [2.45, 2.75) is 6.92 Å². The van der Waals surface area contributed by atoms with Crippen molar-refractivity contribution >= 4 is 17.4 Å². The number of hydrogen-bond donors (Lipinski definition) is 1. The Morgan fingerprint density at radius 2 is 2.05 bits per heavy atom. The van der Waals surface area contributed by atoms with Crippen LogP contribution in [-0.4, -0.2) is 31.3 Å². The topological polar surface area (TPSA) is 49.4 Å². The number of hydrogen-bond acceptors (Lipinski definition) is 3. The van der Waals surface area contributed by atoms with E-state index in [2.05, 4.69) is 11.9 Å². The third-order valence-corrected chi connectivity index (χ3v) is 2.99. The highest BCUT2D eigenvalue weighted by atomic mass is 19.1. The summed E-state index contributed by atoms with van der Waals surface area (Å²) < 4.78 is 26.9. The molecule has 0 atom stereocenters. The number of halogens is 2. The number of fused-ring (bicyclic) bond motifs is 1. The summed E-state index contributed by atoms with van der Waals surface area (Å²) in [5, 5.41) is 3.02. The van der Waals surface area contributed by atoms with Crippen LogP contribution in [0.2, 0.25) is 0 Å². The minimum absolute atomic E-state index is 0.0210. The number of likely N-dealkylation sites (N-methyl/N-ethyl adjacent to an activating group) is 1. The van der Waals surface area contributed by atoms with Crippen LogP contribution in [-0.2, 0) is 4.79 Å². The van der Waals surface area contributed by atoms with Crippen LogP contribution >= 0.6 is 0 Å². The van der Waals surface area contributed by atoms with Crippen molar-refractivity contribution in [1.82, 2.24) is 5.32 Å². The Morgan fingerprint density at radius 3 is 2.70 bits per heavy atom. The molecule has 1 N–H and O–H groups in total. The number of carbonyl (C=O) groups excluding carboxylic acids is 2. The molecule has 0 aromatic heterocycles. The molecule has 1 aromatic carbocycles. The molecule has 1 aliphatic heterocycles. The molecule has 0 saturated carbocycles. The number of benzene rings is 1. The molecule has 20 heavy (non-hydrogen) atoms. The summed E-state index contributed by atoms with van der Waals surface area (Å²) in [6.07, 6.45) is 0. The number of rotatable bonds is 5. The second-order valence-corrected chi connectivity index (χ2v) is 4.53. The fourth-order valence-corrected chi connectivity index (χ4v) is 2.08. The molecule has 6 heteroatoms. The first kappa shape index (κ1) is 14.3. The van der Waals surface area contributed by atoms with Gasteiger partial charge >= 0.3 is 0 Å². The fraction of sp³-hybridized carbons (Fsp3) is 0.286. The Bertz CT molecular complexity index is 599. The highest BCUT2D eigenvalue weighted by molar-refractivity contribution is 6.52. The van der Waals surface area contributed by atoms with Crippen LogP contribution in [0.1, 0.15) is 17.3 Å². The molecule has 0 bridgehead atoms. The van der Waals surface area contributed by atoms with E-state index in [0.29, 0.717) is 18.2 Å². The molecule has 0 unspecified atom stereocenters. The second kappa shape index (κ2) is 5.50. The number of ketones is 1. The molecule has 0 aliphatic carbocycles. The Kier molecular flexibility index (Phi) is 3.94. The van der Waals surface area contributed by atoms with Crippen LogP contribution in [0, 0.1) is 11.6 Å². The van der Waals surface area contributed by atoms with E-state index in [1.165, 1.54) is 0 Å². The average molecular weight is 280 g/mol. The zero-order valence-corrected chi connectivity index (χ0v) is 11.0. The Morgan fingerprint density at radius 1 is 1.35 bits per heavy atom. The van der Waals surface area contributed by atoms with Gasteiger partial charge in [0.1, 0.15) is 5.82 Å². The summed E-state index contributed by atoms with van der Waals surface area (Å²) in [6.45, 7) is 6.88. The van der Waals surface area contributed by atoms with Crippen molar-refractivity contribution in [3.05, 3.63) is 41.5 Å². The van der Waals surface area contributed by atoms with Gasteiger partial charge in [-0.15, -0.1) is 0 Å². The lowest BCUT2D eigenvalue weighted by Gasteiger charge is -2.18. The maximum Gasteiger partial charge on any atom is 0.299 e. The van der Waals surface area contributed by atoms with Crippen molar-refractivity contribution in [3.8, 4) is 0 Å². The van der Waals surface area contributed by atoms with Gasteiger partial charge in [-0.3, -0.25) is 14.5 Å². The van der Waals surface area contributed by atoms with E-state index >= 15 is 0 Å². The maximum absolute atomic E-state index is 13.8. The molecular weight excluding hydrogens is 266 g/mol. The van der Waals surface area contributed by atoms with Gasteiger partial charge in [0.25, 0.3) is 11.7 Å². The summed E-state index contributed by atoms with van der Waals surface area (Å²) in [7, 11) is 0. The largest absolute Gasteiger partial charge is 0.313 e. The van der Waals surface area contributed by atoms with Crippen LogP contribution in [0.3, 0.4) is 0 Å². The van der Waals surface area contributed by atoms with E-state index in [4.69, 9.17) is 0 Å². The zero-order valence-electron chi connectivity index (χ0n) is 11.0. The normalized spacial score (nSPS) is 13.8. The number of Topliss-reactive ketones (excluding diaryl/α,β-unsaturated/α-hetero) is 1. The molecule has 1 amide bonds. The van der Waals surface area contributed by atoms with Crippen LogP contribution in [0.25, 0.3) is 0 Å². The van der Waals surface area contributed by atoms with Gasteiger partial charge in [-0.2, -0.15) is 0 Å². The van der Waals surface area contributed by atoms with E-state index in [-0.39, 0.29) is 17.8 Å². The van der Waals surface area contributed by atoms with Gasteiger partial charge in [-0.25, -0.2) is 8.78 Å². The van der Waals surface area contributed by atoms with Crippen molar-refractivity contribution in [3.63, 3.8) is 0 Å². The molecule has 1 heterocycles. The van der Waals surface area contributed by atoms with Crippen molar-refractivity contribution < 1.29 is 18.4 Å². The van der Waals surface area contributed by atoms with Gasteiger partial charge in [-0.1, -0.05) is 13.5 Å². The van der Waals surface area contributed by atoms with Gasteiger partial charge in [0.15, 0.2) is 5.82 Å². The second-order valence-electron chi connectivity index (χ2n) is 4.53. The minimum Gasteiger partial charge on any atom is -0.313 e. The summed E-state index contributed by atoms with van der Waals surface area (Å²) in [5.74, 6) is -3.55. The first-order chi connectivity index (χ1) is 9.45. The lowest BCUT2D eigenvalue weighted by molar-refractivity contribution is -0.114. The lowest BCUT2D eigenvalue weighted by atomic mass is 10.1. The third-order valence-electron chi connectivity index (χ3n) is 2.99. The Balaban J connectivity index is 2.31. The van der Waals surface area contributed by atoms with E-state index in [1.807, 2.05) is 6.92 Å². The molecule has 0 fully saturated rings. The molecule has 1 aromatic rings. The van der Waals surface area contributed by atoms with Crippen molar-refractivity contribution in [1.29, 1.82) is 0 Å². The number of nitrogens with one attached hydrogen (secondary N) is 1. The molecule has 1 aliphatic rings. The van der Waals surface area contributed by atoms with E-state index in [0.717, 1.165) is 17.5 Å². The lowest BCUT2D eigenvalue weighted by Crippen LogP contribution is -2.34. The first-order valence-electron chi connectivity index (χ1n) is 6.18. The number of carbonyl (C=O) groups is 2. The maximum atomic E-state index is 13.8. The van der Waals surface area contributed by atoms with Crippen LogP contribution in [0.5, 0.6) is 0 Å². The number of nitrogens with zero attached hydrogens (tertiary/aromatic N) is 1. The zero-order chi connectivity index (χ0) is 14.9. The monoisotopic (exact) mass is 280 g/mol. The SMILES string of the molecule is C=C(CNCC)CN1C(=O)C(=O)c2cc(F)cc(F)c21. The van der Waals surface area contributed by atoms with Gasteiger partial charge in [0.05, 0.1) is 11.3 Å². The van der Waals surface area contributed by atoms with Gasteiger partial charge in [-0.05, 0) is 18.2 Å². The Hall–Kier alpha value is -2.08. The molecule has 0 saturated heterocycles. The van der Waals surface area contributed by atoms with Gasteiger partial charge < -0.3 is 5.32 Å². The molecular formula is C14H14F2N2O2. The van der Waals surface area contributed by atoms with Crippen LogP contribution in [0.15, 0.2) is 24.3 Å². The molecule has 0 radical (unpaired) electrons. The van der Waals surface area contributed by atoms with Gasteiger partial charge in [0.2, 0.25) is 0 Å². The van der Waals surface area contributed by atoms with Gasteiger partial charge in [0, 0.05) is 19.2 Å². The number of anilines is 1. The summed E-state index contributed by atoms with van der Waals surface area (Å²) in [6, 6.07) is 1.54. The van der Waals surface area contributed by atoms with E-state index < -0.39 is 23.3 Å². The predicted octanol–water partition coefficient (Wildman–Crippen LogP) is 1.66. The van der Waals surface area contributed by atoms with E-state index in [1.54, 1.807) is 0 Å². The first-order valence-corrected chi connectivity index (χ1v) is 6.18. The summed E-state index contributed by atoms with van der Waals surface area (Å²) >= 11 is 0. The quantitative estimate of drug-likeness (QED) is 0.659. The molecule has 4 nitrogen and oxygen atoms in total. The van der Waals surface area contributed by atoms with Crippen LogP contribution < -0.4 is 10.2 Å². The summed E-state index contributed by atoms with van der Waals surface area (Å²) in [5.41, 5.74) is 0.229. The van der Waals surface area contributed by atoms with Crippen molar-refractivity contribution in [2.24, 2.45) is 0 Å². The predicted molar refractivity (Wildman–Crippen MR) is 70.7 cm³/mol. The minimum atomic E-state index is -0.921. The fourth-order valence-electron chi connectivity index (χ4n) is 2.08.